The van der Waals surface area contributed by atoms with E-state index in [0.29, 0.717) is 94.3 Å². The van der Waals surface area contributed by atoms with Gasteiger partial charge in [0.1, 0.15) is 0 Å². The molecule has 318 valence electrons. The summed E-state index contributed by atoms with van der Waals surface area (Å²) in [7, 11) is -9.53. The van der Waals surface area contributed by atoms with Crippen molar-refractivity contribution in [3.05, 3.63) is 108 Å². The molecule has 0 aliphatic carbocycles. The van der Waals surface area contributed by atoms with Gasteiger partial charge in [-0.15, -0.1) is 0 Å². The summed E-state index contributed by atoms with van der Waals surface area (Å²) in [4.78, 5) is 31.2. The van der Waals surface area contributed by atoms with Crippen molar-refractivity contribution < 1.29 is 35.4 Å². The van der Waals surface area contributed by atoms with E-state index in [4.69, 9.17) is 19.4 Å². The molecule has 0 unspecified atom stereocenters. The van der Waals surface area contributed by atoms with E-state index in [2.05, 4.69) is 30.6 Å². The topological polar surface area (TPSA) is 235 Å². The minimum absolute atomic E-state index is 0.0875. The number of aromatic nitrogens is 6. The van der Waals surface area contributed by atoms with Crippen molar-refractivity contribution in [2.45, 2.75) is 9.79 Å². The molecule has 6 aromatic rings. The Morgan fingerprint density at radius 1 is 0.532 bits per heavy atom. The van der Waals surface area contributed by atoms with Gasteiger partial charge in [-0.05, 0) is 0 Å². The molecule has 62 heavy (non-hydrogen) atoms. The zero-order valence-corrected chi connectivity index (χ0v) is 38.1. The third-order valence-electron chi connectivity index (χ3n) is 9.32. The van der Waals surface area contributed by atoms with E-state index in [1.165, 1.54) is 36.4 Å². The van der Waals surface area contributed by atoms with Crippen LogP contribution in [0.5, 0.6) is 0 Å². The van der Waals surface area contributed by atoms with Crippen molar-refractivity contribution in [1.82, 2.24) is 29.9 Å². The first kappa shape index (κ1) is 43.3. The number of hydrogen-bond acceptors (Lipinski definition) is 16. The molecule has 0 spiro atoms. The Morgan fingerprint density at radius 3 is 1.29 bits per heavy atom. The van der Waals surface area contributed by atoms with Crippen molar-refractivity contribution in [3.8, 4) is 0 Å². The summed E-state index contributed by atoms with van der Waals surface area (Å²) < 4.78 is 84.9. The summed E-state index contributed by atoms with van der Waals surface area (Å²) in [5.74, 6) is 1.57. The van der Waals surface area contributed by atoms with Crippen LogP contribution in [-0.4, -0.2) is 140 Å². The van der Waals surface area contributed by atoms with Gasteiger partial charge in [0.15, 0.2) is 0 Å². The second-order valence-corrected chi connectivity index (χ2v) is 21.2. The van der Waals surface area contributed by atoms with E-state index < -0.39 is 61.5 Å². The molecule has 2 aromatic heterocycles. The van der Waals surface area contributed by atoms with E-state index in [1.54, 1.807) is 12.1 Å². The van der Waals surface area contributed by atoms with Gasteiger partial charge in [0.25, 0.3) is 0 Å². The number of rotatable bonds is 14. The Balaban J connectivity index is 1.06. The zero-order chi connectivity index (χ0) is 43.1. The summed E-state index contributed by atoms with van der Waals surface area (Å²) in [6.07, 6.45) is 2.73. The Morgan fingerprint density at radius 2 is 0.919 bits per heavy atom. The van der Waals surface area contributed by atoms with Crippen LogP contribution in [0.3, 0.4) is 0 Å². The third kappa shape index (κ3) is 11.4. The molecule has 4 aromatic carbocycles. The standard InChI is InChI=1S/C40H38As2N10O8S2/c53-61(54,55)33-25-29(41-35-45-37(43-31-7-3-1-4-8-31)49-39(47-35)51-17-21-59-22-18-51)15-13-27(33)11-12-28-14-16-30(26-34(28)62(56,57)58)42-36-46-38(44-32-9-5-2-6-10-32)50-40(48-36)52-19-23-60-24-20-52/h1-16,25-26H,17-24H2,(H,53,54,55)(H,56,57,58)(H,43,45,47,49)(H,44,46,48,50). The van der Waals surface area contributed by atoms with Gasteiger partial charge < -0.3 is 0 Å². The minimum atomic E-state index is -4.76. The predicted octanol–water partition coefficient (Wildman–Crippen LogP) is 1.19. The van der Waals surface area contributed by atoms with Crippen LogP contribution >= 0.6 is 0 Å². The fourth-order valence-corrected chi connectivity index (χ4v) is 11.7. The summed E-state index contributed by atoms with van der Waals surface area (Å²) in [6.45, 7) is 4.43. The number of nitrogens with one attached hydrogen (secondary N) is 2. The summed E-state index contributed by atoms with van der Waals surface area (Å²) >= 11 is -2.02. The first-order valence-corrected chi connectivity index (χ1v) is 25.7. The average molecular weight is 1000 g/mol. The molecular weight excluding hydrogens is 962 g/mol. The Labute approximate surface area is 371 Å². The number of morpholine rings is 2. The first-order chi connectivity index (χ1) is 29.9. The van der Waals surface area contributed by atoms with Gasteiger partial charge in [-0.3, -0.25) is 0 Å². The zero-order valence-electron chi connectivity index (χ0n) is 32.7. The molecule has 0 atom stereocenters. The van der Waals surface area contributed by atoms with Gasteiger partial charge in [0.05, 0.1) is 0 Å². The summed E-state index contributed by atoms with van der Waals surface area (Å²) in [6, 6.07) is 28.0. The number of hydrogen-bond donors (Lipinski definition) is 4. The molecule has 2 radical (unpaired) electrons. The summed E-state index contributed by atoms with van der Waals surface area (Å²) in [5.41, 5.74) is 1.73. The van der Waals surface area contributed by atoms with E-state index >= 15 is 0 Å². The molecule has 22 heteroatoms. The van der Waals surface area contributed by atoms with Crippen molar-refractivity contribution in [2.24, 2.45) is 0 Å². The monoisotopic (exact) mass is 1000 g/mol. The van der Waals surface area contributed by atoms with Gasteiger partial charge in [-0.25, -0.2) is 0 Å². The van der Waals surface area contributed by atoms with Crippen molar-refractivity contribution in [1.29, 1.82) is 0 Å². The maximum absolute atomic E-state index is 12.8. The first-order valence-electron chi connectivity index (χ1n) is 19.1. The fraction of sp³-hybridized carbons (Fsp3) is 0.200. The quantitative estimate of drug-likeness (QED) is 0.0682. The van der Waals surface area contributed by atoms with Crippen LogP contribution < -0.4 is 38.4 Å². The van der Waals surface area contributed by atoms with Gasteiger partial charge in [0.2, 0.25) is 0 Å². The average Bonchev–Trinajstić information content (AvgIpc) is 3.27. The van der Waals surface area contributed by atoms with Crippen molar-refractivity contribution in [3.63, 3.8) is 0 Å². The SMILES string of the molecule is O=S(=O)(O)c1cc([As]c2nc(Nc3ccccc3)nc(N3CCOCC3)n2)ccc1C=Cc1ccc([As]c2nc(Nc3ccccc3)nc(N3CCOCC3)n2)cc1S(=O)(=O)O. The molecule has 8 rings (SSSR count). The Kier molecular flexibility index (Phi) is 13.6. The van der Waals surface area contributed by atoms with E-state index in [1.807, 2.05) is 70.5 Å². The van der Waals surface area contributed by atoms with Crippen LogP contribution in [0.25, 0.3) is 12.2 Å². The molecule has 2 aliphatic rings. The summed E-state index contributed by atoms with van der Waals surface area (Å²) in [5, 5.41) is 6.43. The second-order valence-electron chi connectivity index (χ2n) is 13.7. The van der Waals surface area contributed by atoms with Crippen LogP contribution in [0, 0.1) is 0 Å². The number of benzene rings is 4. The molecule has 2 aliphatic heterocycles. The Hall–Kier alpha value is -5.30. The number of ether oxygens (including phenoxy) is 2. The van der Waals surface area contributed by atoms with Crippen LogP contribution in [-0.2, 0) is 29.7 Å². The normalized spacial score (nSPS) is 15.3. The second kappa shape index (κ2) is 19.4. The molecule has 0 amide bonds. The molecule has 2 saturated heterocycles. The maximum atomic E-state index is 12.8. The number of nitrogens with zero attached hydrogens (tertiary/aromatic N) is 8. The van der Waals surface area contributed by atoms with Gasteiger partial charge in [0, 0.05) is 0 Å². The molecular formula is C40H38As2N10O8S2. The van der Waals surface area contributed by atoms with Gasteiger partial charge in [-0.2, -0.15) is 0 Å². The van der Waals surface area contributed by atoms with Crippen LogP contribution in [0.2, 0.25) is 0 Å². The predicted molar refractivity (Wildman–Crippen MR) is 237 cm³/mol. The third-order valence-corrected chi connectivity index (χ3v) is 15.1. The molecule has 4 heterocycles. The van der Waals surface area contributed by atoms with Crippen molar-refractivity contribution in [2.75, 3.05) is 73.0 Å². The van der Waals surface area contributed by atoms with Crippen LogP contribution in [0.1, 0.15) is 11.1 Å². The fourth-order valence-electron chi connectivity index (χ4n) is 6.35. The number of anilines is 6. The number of para-hydroxylation sites is 2. The molecule has 0 bridgehead atoms. The van der Waals surface area contributed by atoms with Crippen LogP contribution in [0.15, 0.2) is 107 Å². The Bertz CT molecular complexity index is 2610. The van der Waals surface area contributed by atoms with E-state index in [-0.39, 0.29) is 11.1 Å². The molecule has 2 fully saturated rings. The van der Waals surface area contributed by atoms with Gasteiger partial charge >= 0.3 is 373 Å². The molecule has 0 saturated carbocycles. The van der Waals surface area contributed by atoms with Crippen LogP contribution in [0.4, 0.5) is 35.2 Å². The van der Waals surface area contributed by atoms with E-state index in [0.717, 1.165) is 11.4 Å². The molecule has 18 nitrogen and oxygen atoms in total. The van der Waals surface area contributed by atoms with Gasteiger partial charge in [-0.1, -0.05) is 0 Å². The molecule has 4 N–H and O–H groups in total. The van der Waals surface area contributed by atoms with Crippen molar-refractivity contribution >= 4 is 117 Å². The van der Waals surface area contributed by atoms with E-state index in [9.17, 15) is 25.9 Å².